The van der Waals surface area contributed by atoms with E-state index in [9.17, 15) is 4.79 Å². The minimum absolute atomic E-state index is 0.0549. The van der Waals surface area contributed by atoms with Crippen molar-refractivity contribution in [2.75, 3.05) is 13.1 Å². The Labute approximate surface area is 116 Å². The summed E-state index contributed by atoms with van der Waals surface area (Å²) in [4.78, 5) is 12.3. The first kappa shape index (κ1) is 15.7. The molecule has 0 saturated heterocycles. The van der Waals surface area contributed by atoms with E-state index in [0.29, 0.717) is 13.1 Å². The van der Waals surface area contributed by atoms with E-state index in [1.807, 2.05) is 37.3 Å². The SMILES string of the molecule is CCC(C(=O)NCC(C)(C)CCN)c1ccccc1. The van der Waals surface area contributed by atoms with Crippen LogP contribution in [0.15, 0.2) is 30.3 Å². The molecule has 0 bridgehead atoms. The van der Waals surface area contributed by atoms with Gasteiger partial charge in [0.25, 0.3) is 0 Å². The van der Waals surface area contributed by atoms with E-state index in [1.54, 1.807) is 0 Å². The van der Waals surface area contributed by atoms with Crippen LogP contribution in [-0.4, -0.2) is 19.0 Å². The van der Waals surface area contributed by atoms with E-state index in [2.05, 4.69) is 19.2 Å². The molecule has 1 aromatic rings. The minimum Gasteiger partial charge on any atom is -0.355 e. The van der Waals surface area contributed by atoms with Gasteiger partial charge in [-0.1, -0.05) is 51.1 Å². The van der Waals surface area contributed by atoms with Crippen molar-refractivity contribution in [2.24, 2.45) is 11.1 Å². The number of nitrogens with one attached hydrogen (secondary N) is 1. The fourth-order valence-electron chi connectivity index (χ4n) is 2.19. The van der Waals surface area contributed by atoms with E-state index in [1.165, 1.54) is 0 Å². The van der Waals surface area contributed by atoms with Gasteiger partial charge in [0.1, 0.15) is 0 Å². The summed E-state index contributed by atoms with van der Waals surface area (Å²) in [7, 11) is 0. The Bertz CT molecular complexity index is 387. The number of benzene rings is 1. The summed E-state index contributed by atoms with van der Waals surface area (Å²) in [6.45, 7) is 7.63. The van der Waals surface area contributed by atoms with Gasteiger partial charge < -0.3 is 11.1 Å². The Balaban J connectivity index is 2.61. The molecule has 1 aromatic carbocycles. The molecule has 1 atom stereocenters. The van der Waals surface area contributed by atoms with Crippen LogP contribution in [0.2, 0.25) is 0 Å². The first-order valence-corrected chi connectivity index (χ1v) is 7.03. The second-order valence-electron chi connectivity index (χ2n) is 5.79. The number of nitrogens with two attached hydrogens (primary N) is 1. The molecule has 0 aliphatic rings. The van der Waals surface area contributed by atoms with Crippen molar-refractivity contribution in [3.8, 4) is 0 Å². The van der Waals surface area contributed by atoms with Crippen molar-refractivity contribution in [2.45, 2.75) is 39.5 Å². The summed E-state index contributed by atoms with van der Waals surface area (Å²) in [5, 5.41) is 3.06. The topological polar surface area (TPSA) is 55.1 Å². The van der Waals surface area contributed by atoms with Gasteiger partial charge in [-0.2, -0.15) is 0 Å². The van der Waals surface area contributed by atoms with E-state index >= 15 is 0 Å². The van der Waals surface area contributed by atoms with Crippen LogP contribution in [0.5, 0.6) is 0 Å². The maximum atomic E-state index is 12.3. The molecule has 19 heavy (non-hydrogen) atoms. The summed E-state index contributed by atoms with van der Waals surface area (Å²) in [6.07, 6.45) is 1.72. The fraction of sp³-hybridized carbons (Fsp3) is 0.562. The quantitative estimate of drug-likeness (QED) is 0.793. The lowest BCUT2D eigenvalue weighted by Gasteiger charge is -2.25. The van der Waals surface area contributed by atoms with E-state index in [-0.39, 0.29) is 17.2 Å². The first-order valence-electron chi connectivity index (χ1n) is 7.03. The van der Waals surface area contributed by atoms with Crippen LogP contribution in [-0.2, 0) is 4.79 Å². The lowest BCUT2D eigenvalue weighted by atomic mass is 9.88. The zero-order chi connectivity index (χ0) is 14.3. The van der Waals surface area contributed by atoms with Crippen molar-refractivity contribution < 1.29 is 4.79 Å². The smallest absolute Gasteiger partial charge is 0.227 e. The largest absolute Gasteiger partial charge is 0.355 e. The number of carbonyl (C=O) groups excluding carboxylic acids is 1. The van der Waals surface area contributed by atoms with Crippen LogP contribution in [0.1, 0.15) is 45.1 Å². The summed E-state index contributed by atoms with van der Waals surface area (Å²) < 4.78 is 0. The summed E-state index contributed by atoms with van der Waals surface area (Å²) in [6, 6.07) is 9.95. The van der Waals surface area contributed by atoms with Gasteiger partial charge in [-0.15, -0.1) is 0 Å². The minimum atomic E-state index is -0.0603. The molecular formula is C16H26N2O. The van der Waals surface area contributed by atoms with Crippen LogP contribution >= 0.6 is 0 Å². The Hall–Kier alpha value is -1.35. The summed E-state index contributed by atoms with van der Waals surface area (Å²) in [5.74, 6) is 0.0497. The van der Waals surface area contributed by atoms with Crippen LogP contribution in [0, 0.1) is 5.41 Å². The van der Waals surface area contributed by atoms with Crippen molar-refractivity contribution in [1.82, 2.24) is 5.32 Å². The van der Waals surface area contributed by atoms with Gasteiger partial charge in [-0.3, -0.25) is 4.79 Å². The predicted molar refractivity (Wildman–Crippen MR) is 79.9 cm³/mol. The van der Waals surface area contributed by atoms with Crippen LogP contribution in [0.25, 0.3) is 0 Å². The van der Waals surface area contributed by atoms with Crippen LogP contribution < -0.4 is 11.1 Å². The van der Waals surface area contributed by atoms with Crippen LogP contribution in [0.4, 0.5) is 0 Å². The molecule has 0 radical (unpaired) electrons. The van der Waals surface area contributed by atoms with Crippen molar-refractivity contribution >= 4 is 5.91 Å². The van der Waals surface area contributed by atoms with Gasteiger partial charge in [0.15, 0.2) is 0 Å². The highest BCUT2D eigenvalue weighted by Crippen LogP contribution is 2.21. The van der Waals surface area contributed by atoms with Gasteiger partial charge >= 0.3 is 0 Å². The zero-order valence-electron chi connectivity index (χ0n) is 12.3. The lowest BCUT2D eigenvalue weighted by Crippen LogP contribution is -2.37. The van der Waals surface area contributed by atoms with Gasteiger partial charge in [-0.25, -0.2) is 0 Å². The molecule has 0 aliphatic heterocycles. The third-order valence-electron chi connectivity index (χ3n) is 3.49. The highest BCUT2D eigenvalue weighted by molar-refractivity contribution is 5.83. The Morgan fingerprint density at radius 1 is 1.32 bits per heavy atom. The molecule has 0 aromatic heterocycles. The standard InChI is InChI=1S/C16H26N2O/c1-4-14(13-8-6-5-7-9-13)15(19)18-12-16(2,3)10-11-17/h5-9,14H,4,10-12,17H2,1-3H3,(H,18,19). The van der Waals surface area contributed by atoms with Crippen molar-refractivity contribution in [3.63, 3.8) is 0 Å². The Morgan fingerprint density at radius 3 is 2.47 bits per heavy atom. The second-order valence-corrected chi connectivity index (χ2v) is 5.79. The lowest BCUT2D eigenvalue weighted by molar-refractivity contribution is -0.123. The number of hydrogen-bond acceptors (Lipinski definition) is 2. The van der Waals surface area contributed by atoms with Crippen molar-refractivity contribution in [3.05, 3.63) is 35.9 Å². The number of hydrogen-bond donors (Lipinski definition) is 2. The molecule has 3 N–H and O–H groups in total. The molecule has 1 unspecified atom stereocenters. The van der Waals surface area contributed by atoms with Gasteiger partial charge in [0, 0.05) is 6.54 Å². The highest BCUT2D eigenvalue weighted by atomic mass is 16.1. The molecule has 1 rings (SSSR count). The van der Waals surface area contributed by atoms with Gasteiger partial charge in [0.2, 0.25) is 5.91 Å². The molecule has 0 spiro atoms. The first-order chi connectivity index (χ1) is 9.00. The van der Waals surface area contributed by atoms with E-state index in [0.717, 1.165) is 18.4 Å². The van der Waals surface area contributed by atoms with Gasteiger partial charge in [-0.05, 0) is 30.4 Å². The molecule has 0 fully saturated rings. The van der Waals surface area contributed by atoms with Crippen molar-refractivity contribution in [1.29, 1.82) is 0 Å². The molecule has 0 saturated carbocycles. The Kier molecular flexibility index (Phi) is 6.03. The number of rotatable bonds is 7. The third kappa shape index (κ3) is 5.03. The molecular weight excluding hydrogens is 236 g/mol. The van der Waals surface area contributed by atoms with Gasteiger partial charge in [0.05, 0.1) is 5.92 Å². The molecule has 3 heteroatoms. The average Bonchev–Trinajstić information content (AvgIpc) is 2.39. The molecule has 3 nitrogen and oxygen atoms in total. The number of carbonyl (C=O) groups is 1. The predicted octanol–water partition coefficient (Wildman–Crippen LogP) is 2.67. The second kappa shape index (κ2) is 7.29. The van der Waals surface area contributed by atoms with E-state index < -0.39 is 0 Å². The molecule has 106 valence electrons. The summed E-state index contributed by atoms with van der Waals surface area (Å²) >= 11 is 0. The molecule has 0 heterocycles. The van der Waals surface area contributed by atoms with E-state index in [4.69, 9.17) is 5.73 Å². The maximum absolute atomic E-state index is 12.3. The monoisotopic (exact) mass is 262 g/mol. The zero-order valence-corrected chi connectivity index (χ0v) is 12.3. The Morgan fingerprint density at radius 2 is 1.95 bits per heavy atom. The normalized spacial score (nSPS) is 13.1. The maximum Gasteiger partial charge on any atom is 0.227 e. The third-order valence-corrected chi connectivity index (χ3v) is 3.49. The fourth-order valence-corrected chi connectivity index (χ4v) is 2.19. The van der Waals surface area contributed by atoms with Crippen LogP contribution in [0.3, 0.4) is 0 Å². The molecule has 1 amide bonds. The molecule has 0 aliphatic carbocycles. The number of amides is 1. The highest BCUT2D eigenvalue weighted by Gasteiger charge is 2.22. The summed E-state index contributed by atoms with van der Waals surface area (Å²) in [5.41, 5.74) is 6.72. The average molecular weight is 262 g/mol.